The minimum Gasteiger partial charge on any atom is -0.497 e. The Morgan fingerprint density at radius 2 is 1.80 bits per heavy atom. The van der Waals surface area contributed by atoms with E-state index in [0.29, 0.717) is 23.0 Å². The first-order valence-corrected chi connectivity index (χ1v) is 12.7. The standard InChI is InChI=1S/C26H30N6O2S/c1-16(2)25-27-17(3)13-23(30-25)32-11-9-31(10-12-32)15-22-28-20-14-21(35-24(20)26(33)29-22)18-5-7-19(34-4)8-6-18/h5-8,13-14,16H,9-12,15H2,1-4H3,(H,28,29,33). The zero-order valence-electron chi connectivity index (χ0n) is 20.5. The van der Waals surface area contributed by atoms with E-state index in [9.17, 15) is 4.79 Å². The summed E-state index contributed by atoms with van der Waals surface area (Å²) in [6, 6.07) is 11.9. The van der Waals surface area contributed by atoms with E-state index in [-0.39, 0.29) is 5.56 Å². The molecule has 0 atom stereocenters. The van der Waals surface area contributed by atoms with E-state index < -0.39 is 0 Å². The van der Waals surface area contributed by atoms with E-state index in [1.54, 1.807) is 7.11 Å². The molecule has 4 aromatic rings. The summed E-state index contributed by atoms with van der Waals surface area (Å²) < 4.78 is 5.90. The predicted octanol–water partition coefficient (Wildman–Crippen LogP) is 4.20. The van der Waals surface area contributed by atoms with Gasteiger partial charge in [-0.25, -0.2) is 15.0 Å². The van der Waals surface area contributed by atoms with Crippen molar-refractivity contribution >= 4 is 27.4 Å². The van der Waals surface area contributed by atoms with Crippen molar-refractivity contribution in [2.75, 3.05) is 38.2 Å². The molecule has 1 saturated heterocycles. The Hall–Kier alpha value is -3.30. The Balaban J connectivity index is 1.28. The SMILES string of the molecule is COc1ccc(-c2cc3nc(CN4CCN(c5cc(C)nc(C(C)C)n5)CC4)[nH]c(=O)c3s2)cc1. The highest BCUT2D eigenvalue weighted by Gasteiger charge is 2.21. The quantitative estimate of drug-likeness (QED) is 0.433. The Morgan fingerprint density at radius 3 is 2.49 bits per heavy atom. The number of ether oxygens (including phenoxy) is 1. The number of H-pyrrole nitrogens is 1. The van der Waals surface area contributed by atoms with Crippen molar-refractivity contribution in [3.05, 3.63) is 64.1 Å². The van der Waals surface area contributed by atoms with Crippen LogP contribution in [0.15, 0.2) is 41.2 Å². The second kappa shape index (κ2) is 9.75. The Morgan fingerprint density at radius 1 is 1.06 bits per heavy atom. The van der Waals surface area contributed by atoms with Crippen molar-refractivity contribution in [1.82, 2.24) is 24.8 Å². The van der Waals surface area contributed by atoms with Crippen LogP contribution in [0.2, 0.25) is 0 Å². The summed E-state index contributed by atoms with van der Waals surface area (Å²) in [6.45, 7) is 10.4. The number of nitrogens with one attached hydrogen (secondary N) is 1. The summed E-state index contributed by atoms with van der Waals surface area (Å²) in [5.41, 5.74) is 2.72. The van der Waals surface area contributed by atoms with Gasteiger partial charge in [-0.2, -0.15) is 0 Å². The smallest absolute Gasteiger partial charge is 0.268 e. The number of thiophene rings is 1. The maximum atomic E-state index is 12.8. The van der Waals surface area contributed by atoms with Crippen LogP contribution in [0.25, 0.3) is 20.7 Å². The molecule has 1 aromatic carbocycles. The molecule has 5 rings (SSSR count). The van der Waals surface area contributed by atoms with Gasteiger partial charge in [0.1, 0.15) is 27.9 Å². The van der Waals surface area contributed by atoms with Crippen LogP contribution in [0.5, 0.6) is 5.75 Å². The number of hydrogen-bond donors (Lipinski definition) is 1. The first-order chi connectivity index (χ1) is 16.9. The highest BCUT2D eigenvalue weighted by atomic mass is 32.1. The van der Waals surface area contributed by atoms with Crippen LogP contribution in [0, 0.1) is 6.92 Å². The van der Waals surface area contributed by atoms with Crippen LogP contribution < -0.4 is 15.2 Å². The van der Waals surface area contributed by atoms with Gasteiger partial charge in [0.2, 0.25) is 0 Å². The summed E-state index contributed by atoms with van der Waals surface area (Å²) in [7, 11) is 1.65. The van der Waals surface area contributed by atoms with Gasteiger partial charge < -0.3 is 14.6 Å². The topological polar surface area (TPSA) is 87.2 Å². The third-order valence-corrected chi connectivity index (χ3v) is 7.42. The van der Waals surface area contributed by atoms with Gasteiger partial charge in [0.25, 0.3) is 5.56 Å². The predicted molar refractivity (Wildman–Crippen MR) is 141 cm³/mol. The average molecular weight is 491 g/mol. The molecule has 35 heavy (non-hydrogen) atoms. The second-order valence-electron chi connectivity index (χ2n) is 9.21. The van der Waals surface area contributed by atoms with Gasteiger partial charge in [-0.05, 0) is 42.8 Å². The van der Waals surface area contributed by atoms with Crippen molar-refractivity contribution < 1.29 is 4.74 Å². The number of rotatable bonds is 6. The first-order valence-electron chi connectivity index (χ1n) is 11.9. The molecular weight excluding hydrogens is 460 g/mol. The van der Waals surface area contributed by atoms with Crippen LogP contribution >= 0.6 is 11.3 Å². The van der Waals surface area contributed by atoms with Gasteiger partial charge in [0.15, 0.2) is 0 Å². The second-order valence-corrected chi connectivity index (χ2v) is 10.3. The highest BCUT2D eigenvalue weighted by molar-refractivity contribution is 7.22. The van der Waals surface area contributed by atoms with Gasteiger partial charge in [-0.1, -0.05) is 13.8 Å². The van der Waals surface area contributed by atoms with Crippen LogP contribution in [0.1, 0.15) is 37.1 Å². The minimum atomic E-state index is -0.0777. The molecule has 1 aliphatic heterocycles. The monoisotopic (exact) mass is 490 g/mol. The molecule has 8 nitrogen and oxygen atoms in total. The first kappa shape index (κ1) is 23.4. The zero-order chi connectivity index (χ0) is 24.5. The van der Waals surface area contributed by atoms with Gasteiger partial charge >= 0.3 is 0 Å². The molecule has 0 spiro atoms. The number of aromatic amines is 1. The number of benzene rings is 1. The number of methoxy groups -OCH3 is 1. The minimum absolute atomic E-state index is 0.0777. The summed E-state index contributed by atoms with van der Waals surface area (Å²) in [4.78, 5) is 35.6. The normalized spacial score (nSPS) is 14.7. The lowest BCUT2D eigenvalue weighted by atomic mass is 10.2. The molecule has 0 radical (unpaired) electrons. The Labute approximate surface area is 208 Å². The molecule has 0 amide bonds. The summed E-state index contributed by atoms with van der Waals surface area (Å²) in [5, 5.41) is 0. The molecular formula is C26H30N6O2S. The third kappa shape index (κ3) is 5.06. The molecule has 182 valence electrons. The maximum absolute atomic E-state index is 12.8. The van der Waals surface area contributed by atoms with Gasteiger partial charge in [0, 0.05) is 48.7 Å². The number of nitrogens with zero attached hydrogens (tertiary/aromatic N) is 5. The lowest BCUT2D eigenvalue weighted by Crippen LogP contribution is -2.46. The van der Waals surface area contributed by atoms with Crippen molar-refractivity contribution in [2.45, 2.75) is 33.2 Å². The number of piperazine rings is 1. The average Bonchev–Trinajstić information content (AvgIpc) is 3.29. The fourth-order valence-electron chi connectivity index (χ4n) is 4.30. The highest BCUT2D eigenvalue weighted by Crippen LogP contribution is 2.32. The van der Waals surface area contributed by atoms with E-state index in [2.05, 4.69) is 39.7 Å². The largest absolute Gasteiger partial charge is 0.497 e. The van der Waals surface area contributed by atoms with E-state index in [1.165, 1.54) is 11.3 Å². The van der Waals surface area contributed by atoms with Gasteiger partial charge in [0.05, 0.1) is 19.2 Å². The third-order valence-electron chi connectivity index (χ3n) is 6.25. The molecule has 3 aromatic heterocycles. The molecule has 0 aliphatic carbocycles. The summed E-state index contributed by atoms with van der Waals surface area (Å²) in [6.07, 6.45) is 0. The van der Waals surface area contributed by atoms with E-state index in [1.807, 2.05) is 37.3 Å². The number of aromatic nitrogens is 4. The lowest BCUT2D eigenvalue weighted by Gasteiger charge is -2.35. The van der Waals surface area contributed by atoms with Crippen LogP contribution in [0.3, 0.4) is 0 Å². The van der Waals surface area contributed by atoms with Crippen molar-refractivity contribution in [3.63, 3.8) is 0 Å². The maximum Gasteiger partial charge on any atom is 0.268 e. The van der Waals surface area contributed by atoms with E-state index >= 15 is 0 Å². The van der Waals surface area contributed by atoms with Crippen LogP contribution in [-0.4, -0.2) is 58.1 Å². The Bertz CT molecular complexity index is 1390. The number of aryl methyl sites for hydroxylation is 1. The van der Waals surface area contributed by atoms with Crippen LogP contribution in [0.4, 0.5) is 5.82 Å². The van der Waals surface area contributed by atoms with Crippen LogP contribution in [-0.2, 0) is 6.54 Å². The van der Waals surface area contributed by atoms with E-state index in [4.69, 9.17) is 14.7 Å². The summed E-state index contributed by atoms with van der Waals surface area (Å²) >= 11 is 1.47. The zero-order valence-corrected chi connectivity index (χ0v) is 21.4. The lowest BCUT2D eigenvalue weighted by molar-refractivity contribution is 0.243. The fourth-order valence-corrected chi connectivity index (χ4v) is 5.30. The van der Waals surface area contributed by atoms with Crippen molar-refractivity contribution in [2.24, 2.45) is 0 Å². The summed E-state index contributed by atoms with van der Waals surface area (Å²) in [5.74, 6) is 3.70. The molecule has 0 saturated carbocycles. The van der Waals surface area contributed by atoms with Crippen molar-refractivity contribution in [3.8, 4) is 16.2 Å². The number of fused-ring (bicyclic) bond motifs is 1. The van der Waals surface area contributed by atoms with Gasteiger partial charge in [-0.3, -0.25) is 9.69 Å². The molecule has 4 heterocycles. The van der Waals surface area contributed by atoms with Crippen molar-refractivity contribution in [1.29, 1.82) is 0 Å². The fraction of sp³-hybridized carbons (Fsp3) is 0.385. The molecule has 9 heteroatoms. The molecule has 0 unspecified atom stereocenters. The molecule has 1 fully saturated rings. The molecule has 1 aliphatic rings. The van der Waals surface area contributed by atoms with Gasteiger partial charge in [-0.15, -0.1) is 11.3 Å². The molecule has 0 bridgehead atoms. The number of hydrogen-bond acceptors (Lipinski definition) is 8. The molecule has 1 N–H and O–H groups in total. The van der Waals surface area contributed by atoms with E-state index in [0.717, 1.165) is 65.2 Å². The Kier molecular flexibility index (Phi) is 6.53. The number of anilines is 1.